The van der Waals surface area contributed by atoms with Gasteiger partial charge in [-0.15, -0.1) is 22.7 Å². The van der Waals surface area contributed by atoms with E-state index in [9.17, 15) is 4.79 Å². The molecule has 0 unspecified atom stereocenters. The fourth-order valence-electron chi connectivity index (χ4n) is 1.37. The standard InChI is InChI=1S/C12H13NO2S2/c1-8-10(13)7-11(17-8)12(14)15-5-4-9-3-2-6-16-9/h2-3,6-7H,4-5,13H2,1H3. The number of nitrogen functional groups attached to an aromatic ring is 1. The Bertz CT molecular complexity index is 483. The van der Waals surface area contributed by atoms with Gasteiger partial charge in [0.1, 0.15) is 4.88 Å². The molecule has 0 fully saturated rings. The van der Waals surface area contributed by atoms with Crippen LogP contribution in [0.2, 0.25) is 0 Å². The highest BCUT2D eigenvalue weighted by Gasteiger charge is 2.12. The highest BCUT2D eigenvalue weighted by Crippen LogP contribution is 2.24. The number of hydrogen-bond donors (Lipinski definition) is 1. The highest BCUT2D eigenvalue weighted by molar-refractivity contribution is 7.14. The second-order valence-electron chi connectivity index (χ2n) is 3.59. The Hall–Kier alpha value is -1.33. The Morgan fingerprint density at radius 2 is 2.35 bits per heavy atom. The van der Waals surface area contributed by atoms with Gasteiger partial charge in [-0.05, 0) is 24.4 Å². The van der Waals surface area contributed by atoms with Crippen LogP contribution in [-0.4, -0.2) is 12.6 Å². The number of hydrogen-bond acceptors (Lipinski definition) is 5. The van der Waals surface area contributed by atoms with Crippen LogP contribution < -0.4 is 5.73 Å². The predicted molar refractivity (Wildman–Crippen MR) is 71.8 cm³/mol. The van der Waals surface area contributed by atoms with Crippen molar-refractivity contribution in [3.05, 3.63) is 38.2 Å². The summed E-state index contributed by atoms with van der Waals surface area (Å²) >= 11 is 3.04. The molecule has 0 aliphatic heterocycles. The molecule has 17 heavy (non-hydrogen) atoms. The minimum atomic E-state index is -0.286. The van der Waals surface area contributed by atoms with Crippen molar-refractivity contribution in [2.75, 3.05) is 12.3 Å². The number of esters is 1. The molecule has 90 valence electrons. The van der Waals surface area contributed by atoms with E-state index < -0.39 is 0 Å². The van der Waals surface area contributed by atoms with Gasteiger partial charge in [0.05, 0.1) is 6.61 Å². The van der Waals surface area contributed by atoms with Gasteiger partial charge in [0, 0.05) is 21.9 Å². The van der Waals surface area contributed by atoms with E-state index in [0.717, 1.165) is 11.3 Å². The molecule has 0 bridgehead atoms. The van der Waals surface area contributed by atoms with Crippen LogP contribution in [0.3, 0.4) is 0 Å². The summed E-state index contributed by atoms with van der Waals surface area (Å²) in [6.45, 7) is 2.30. The molecule has 2 aromatic heterocycles. The van der Waals surface area contributed by atoms with Crippen molar-refractivity contribution < 1.29 is 9.53 Å². The molecule has 0 saturated heterocycles. The maximum absolute atomic E-state index is 11.7. The molecule has 0 aromatic carbocycles. The van der Waals surface area contributed by atoms with Gasteiger partial charge in [0.25, 0.3) is 0 Å². The maximum Gasteiger partial charge on any atom is 0.348 e. The second-order valence-corrected chi connectivity index (χ2v) is 5.88. The van der Waals surface area contributed by atoms with E-state index in [1.165, 1.54) is 16.2 Å². The zero-order valence-electron chi connectivity index (χ0n) is 9.43. The quantitative estimate of drug-likeness (QED) is 0.866. The van der Waals surface area contributed by atoms with Crippen molar-refractivity contribution in [3.8, 4) is 0 Å². The first-order valence-corrected chi connectivity index (χ1v) is 6.92. The minimum Gasteiger partial charge on any atom is -0.461 e. The third-order valence-electron chi connectivity index (χ3n) is 2.32. The summed E-state index contributed by atoms with van der Waals surface area (Å²) in [4.78, 5) is 14.4. The second kappa shape index (κ2) is 5.33. The van der Waals surface area contributed by atoms with E-state index in [1.54, 1.807) is 17.4 Å². The zero-order valence-corrected chi connectivity index (χ0v) is 11.1. The molecule has 0 radical (unpaired) electrons. The first kappa shape index (κ1) is 12.1. The van der Waals surface area contributed by atoms with Crippen LogP contribution in [-0.2, 0) is 11.2 Å². The maximum atomic E-state index is 11.7. The number of rotatable bonds is 4. The lowest BCUT2D eigenvalue weighted by molar-refractivity contribution is 0.0516. The van der Waals surface area contributed by atoms with Crippen molar-refractivity contribution in [2.45, 2.75) is 13.3 Å². The van der Waals surface area contributed by atoms with E-state index in [4.69, 9.17) is 10.5 Å². The lowest BCUT2D eigenvalue weighted by atomic mass is 10.3. The van der Waals surface area contributed by atoms with Crippen molar-refractivity contribution in [3.63, 3.8) is 0 Å². The Morgan fingerprint density at radius 1 is 1.53 bits per heavy atom. The van der Waals surface area contributed by atoms with E-state index in [1.807, 2.05) is 24.4 Å². The Morgan fingerprint density at radius 3 is 2.94 bits per heavy atom. The van der Waals surface area contributed by atoms with Gasteiger partial charge in [-0.2, -0.15) is 0 Å². The zero-order chi connectivity index (χ0) is 12.3. The monoisotopic (exact) mass is 267 g/mol. The largest absolute Gasteiger partial charge is 0.461 e. The molecular weight excluding hydrogens is 254 g/mol. The minimum absolute atomic E-state index is 0.286. The van der Waals surface area contributed by atoms with Crippen LogP contribution in [0.5, 0.6) is 0 Å². The number of ether oxygens (including phenoxy) is 1. The SMILES string of the molecule is Cc1sc(C(=O)OCCc2cccs2)cc1N. The number of carbonyl (C=O) groups excluding carboxylic acids is 1. The van der Waals surface area contributed by atoms with Crippen LogP contribution in [0, 0.1) is 6.92 Å². The Balaban J connectivity index is 1.85. The van der Waals surface area contributed by atoms with Gasteiger partial charge >= 0.3 is 5.97 Å². The molecule has 2 N–H and O–H groups in total. The van der Waals surface area contributed by atoms with E-state index in [0.29, 0.717) is 17.2 Å². The average molecular weight is 267 g/mol. The molecule has 0 amide bonds. The van der Waals surface area contributed by atoms with Gasteiger partial charge in [-0.25, -0.2) is 4.79 Å². The lowest BCUT2D eigenvalue weighted by Crippen LogP contribution is -2.06. The summed E-state index contributed by atoms with van der Waals surface area (Å²) in [6.07, 6.45) is 0.767. The molecule has 0 aliphatic carbocycles. The van der Waals surface area contributed by atoms with Crippen LogP contribution >= 0.6 is 22.7 Å². The molecule has 5 heteroatoms. The summed E-state index contributed by atoms with van der Waals surface area (Å²) in [5, 5.41) is 2.01. The van der Waals surface area contributed by atoms with Gasteiger partial charge < -0.3 is 10.5 Å². The van der Waals surface area contributed by atoms with Crippen LogP contribution in [0.1, 0.15) is 19.4 Å². The van der Waals surface area contributed by atoms with Crippen molar-refractivity contribution in [1.29, 1.82) is 0 Å². The summed E-state index contributed by atoms with van der Waals surface area (Å²) < 4.78 is 5.19. The fraction of sp³-hybridized carbons (Fsp3) is 0.250. The first-order valence-electron chi connectivity index (χ1n) is 5.22. The third-order valence-corrected chi connectivity index (χ3v) is 4.30. The molecular formula is C12H13NO2S2. The number of thiophene rings is 2. The van der Waals surface area contributed by atoms with Gasteiger partial charge in [0.2, 0.25) is 0 Å². The number of nitrogens with two attached hydrogens (primary N) is 1. The summed E-state index contributed by atoms with van der Waals surface area (Å²) in [6, 6.07) is 5.70. The van der Waals surface area contributed by atoms with Crippen LogP contribution in [0.25, 0.3) is 0 Å². The molecule has 3 nitrogen and oxygen atoms in total. The van der Waals surface area contributed by atoms with Crippen LogP contribution in [0.4, 0.5) is 5.69 Å². The van der Waals surface area contributed by atoms with Crippen molar-refractivity contribution >= 4 is 34.3 Å². The Kier molecular flexibility index (Phi) is 3.81. The van der Waals surface area contributed by atoms with Gasteiger partial charge in [-0.3, -0.25) is 0 Å². The fourth-order valence-corrected chi connectivity index (χ4v) is 2.89. The number of anilines is 1. The molecule has 2 aromatic rings. The topological polar surface area (TPSA) is 52.3 Å². The van der Waals surface area contributed by atoms with Gasteiger partial charge in [0.15, 0.2) is 0 Å². The summed E-state index contributed by atoms with van der Waals surface area (Å²) in [5.74, 6) is -0.286. The molecule has 0 aliphatic rings. The van der Waals surface area contributed by atoms with Gasteiger partial charge in [-0.1, -0.05) is 6.07 Å². The van der Waals surface area contributed by atoms with Crippen molar-refractivity contribution in [2.24, 2.45) is 0 Å². The molecule has 0 saturated carbocycles. The first-order chi connectivity index (χ1) is 8.16. The molecule has 2 rings (SSSR count). The Labute approximate surface area is 108 Å². The summed E-state index contributed by atoms with van der Waals surface area (Å²) in [7, 11) is 0. The predicted octanol–water partition coefficient (Wildman–Crippen LogP) is 3.10. The third kappa shape index (κ3) is 3.08. The molecule has 0 spiro atoms. The summed E-state index contributed by atoms with van der Waals surface area (Å²) in [5.41, 5.74) is 6.34. The molecule has 2 heterocycles. The number of carbonyl (C=O) groups is 1. The van der Waals surface area contributed by atoms with E-state index in [-0.39, 0.29) is 5.97 Å². The normalized spacial score (nSPS) is 10.4. The van der Waals surface area contributed by atoms with E-state index in [2.05, 4.69) is 0 Å². The van der Waals surface area contributed by atoms with Crippen LogP contribution in [0.15, 0.2) is 23.6 Å². The number of aryl methyl sites for hydroxylation is 1. The van der Waals surface area contributed by atoms with Crippen molar-refractivity contribution in [1.82, 2.24) is 0 Å². The highest BCUT2D eigenvalue weighted by atomic mass is 32.1. The average Bonchev–Trinajstić information content (AvgIpc) is 2.90. The lowest BCUT2D eigenvalue weighted by Gasteiger charge is -2.01. The van der Waals surface area contributed by atoms with E-state index >= 15 is 0 Å². The smallest absolute Gasteiger partial charge is 0.348 e. The molecule has 0 atom stereocenters.